The summed E-state index contributed by atoms with van der Waals surface area (Å²) in [6, 6.07) is 7.06. The van der Waals surface area contributed by atoms with Crippen molar-refractivity contribution in [2.45, 2.75) is 52.6 Å². The zero-order valence-corrected chi connectivity index (χ0v) is 15.1. The molecule has 0 unspecified atom stereocenters. The second-order valence-corrected chi connectivity index (χ2v) is 7.74. The van der Waals surface area contributed by atoms with Gasteiger partial charge in [0.1, 0.15) is 17.6 Å². The minimum absolute atomic E-state index is 0.351. The molecule has 0 aliphatic rings. The fourth-order valence-corrected chi connectivity index (χ4v) is 2.07. The standard InChI is InChI=1S/C18H24N4O2/c1-17(2,3)21(23)15-8-7-14(12-20-15)13-9-10-19-16(11-13)22(24)18(4,5)6/h7-12H,1-6H3. The van der Waals surface area contributed by atoms with Gasteiger partial charge in [0.15, 0.2) is 0 Å². The predicted octanol–water partition coefficient (Wildman–Crippen LogP) is 4.46. The number of anilines is 1. The summed E-state index contributed by atoms with van der Waals surface area (Å²) in [4.78, 5) is 20.6. The van der Waals surface area contributed by atoms with Crippen molar-refractivity contribution < 1.29 is 4.76 Å². The van der Waals surface area contributed by atoms with Crippen molar-refractivity contribution >= 4 is 11.6 Å². The van der Waals surface area contributed by atoms with E-state index in [1.54, 1.807) is 24.5 Å². The molecule has 0 spiro atoms. The normalized spacial score (nSPS) is 12.1. The average Bonchev–Trinajstić information content (AvgIpc) is 2.52. The zero-order chi connectivity index (χ0) is 18.1. The van der Waals surface area contributed by atoms with Crippen molar-refractivity contribution in [3.63, 3.8) is 0 Å². The summed E-state index contributed by atoms with van der Waals surface area (Å²) < 4.78 is 0.883. The van der Waals surface area contributed by atoms with Crippen molar-refractivity contribution in [2.24, 2.45) is 0 Å². The highest BCUT2D eigenvalue weighted by Crippen LogP contribution is 2.27. The number of rotatable bonds is 3. The molecule has 0 atom stereocenters. The third-order valence-corrected chi connectivity index (χ3v) is 3.46. The van der Waals surface area contributed by atoms with E-state index < -0.39 is 11.1 Å². The molecule has 0 saturated heterocycles. The molecule has 6 heteroatoms. The maximum absolute atomic E-state index is 12.3. The van der Waals surface area contributed by atoms with Gasteiger partial charge in [0.25, 0.3) is 0 Å². The number of hydrogen-bond acceptors (Lipinski definition) is 5. The summed E-state index contributed by atoms with van der Waals surface area (Å²) in [7, 11) is 0. The number of pyridine rings is 2. The van der Waals surface area contributed by atoms with Crippen LogP contribution in [0.4, 0.5) is 11.6 Å². The lowest BCUT2D eigenvalue weighted by Crippen LogP contribution is -2.37. The van der Waals surface area contributed by atoms with E-state index in [1.807, 2.05) is 53.7 Å². The lowest BCUT2D eigenvalue weighted by Gasteiger charge is -2.42. The van der Waals surface area contributed by atoms with Crippen molar-refractivity contribution in [1.29, 1.82) is 0 Å². The molecule has 2 heterocycles. The van der Waals surface area contributed by atoms with Crippen molar-refractivity contribution in [3.05, 3.63) is 46.8 Å². The summed E-state index contributed by atoms with van der Waals surface area (Å²) >= 11 is 0. The Morgan fingerprint density at radius 3 is 2.17 bits per heavy atom. The van der Waals surface area contributed by atoms with Crippen LogP contribution >= 0.6 is 0 Å². The molecule has 0 N–H and O–H groups in total. The second-order valence-electron chi connectivity index (χ2n) is 7.74. The molecule has 0 radical (unpaired) electrons. The van der Waals surface area contributed by atoms with E-state index in [1.165, 1.54) is 0 Å². The van der Waals surface area contributed by atoms with Crippen molar-refractivity contribution in [1.82, 2.24) is 9.97 Å². The van der Waals surface area contributed by atoms with Gasteiger partial charge in [0.05, 0.1) is 0 Å². The molecule has 0 fully saturated rings. The third kappa shape index (κ3) is 3.94. The molecular formula is C18H24N4O2. The maximum Gasteiger partial charge on any atom is 0.361 e. The Hall–Kier alpha value is -2.34. The van der Waals surface area contributed by atoms with Crippen molar-refractivity contribution in [3.8, 4) is 11.1 Å². The first-order valence-corrected chi connectivity index (χ1v) is 7.87. The molecule has 0 aromatic carbocycles. The Labute approximate surface area is 142 Å². The average molecular weight is 328 g/mol. The van der Waals surface area contributed by atoms with Gasteiger partial charge in [-0.05, 0) is 75.0 Å². The van der Waals surface area contributed by atoms with Crippen LogP contribution in [0.15, 0.2) is 36.7 Å². The molecule has 0 amide bonds. The monoisotopic (exact) mass is 328 g/mol. The quantitative estimate of drug-likeness (QED) is 0.614. The number of hydrogen-bond donors (Lipinski definition) is 0. The Kier molecular flexibility index (Phi) is 4.71. The van der Waals surface area contributed by atoms with Crippen LogP contribution in [0.25, 0.3) is 11.1 Å². The first kappa shape index (κ1) is 18.0. The van der Waals surface area contributed by atoms with E-state index in [4.69, 9.17) is 0 Å². The lowest BCUT2D eigenvalue weighted by atomic mass is 10.1. The molecule has 2 rings (SSSR count). The highest BCUT2D eigenvalue weighted by molar-refractivity contribution is 5.66. The maximum atomic E-state index is 12.3. The van der Waals surface area contributed by atoms with E-state index in [0.29, 0.717) is 11.6 Å². The molecule has 0 aliphatic heterocycles. The first-order valence-electron chi connectivity index (χ1n) is 7.87. The van der Waals surface area contributed by atoms with Gasteiger partial charge in [0.2, 0.25) is 0 Å². The van der Waals surface area contributed by atoms with Crippen LogP contribution in [0.1, 0.15) is 41.5 Å². The van der Waals surface area contributed by atoms with Crippen molar-refractivity contribution in [2.75, 3.05) is 5.06 Å². The van der Waals surface area contributed by atoms with Gasteiger partial charge in [-0.15, -0.1) is 0 Å². The van der Waals surface area contributed by atoms with Gasteiger partial charge in [-0.25, -0.2) is 4.98 Å². The topological polar surface area (TPSA) is 72.2 Å². The van der Waals surface area contributed by atoms with E-state index in [0.717, 1.165) is 21.0 Å². The number of nitrogens with zero attached hydrogens (tertiary/aromatic N) is 4. The summed E-state index contributed by atoms with van der Waals surface area (Å²) in [5.41, 5.74) is 0.543. The van der Waals surface area contributed by atoms with E-state index in [2.05, 4.69) is 9.97 Å². The number of nitroso groups, excluding NO2 is 1. The highest BCUT2D eigenvalue weighted by Gasteiger charge is 2.28. The molecular weight excluding hydrogens is 304 g/mol. The van der Waals surface area contributed by atoms with E-state index >= 15 is 0 Å². The number of hydroxylamine groups is 1. The molecule has 2 aromatic rings. The fraction of sp³-hybridized carbons (Fsp3) is 0.444. The molecule has 24 heavy (non-hydrogen) atoms. The lowest BCUT2D eigenvalue weighted by molar-refractivity contribution is -0.543. The summed E-state index contributed by atoms with van der Waals surface area (Å²) in [5, 5.41) is 13.2. The van der Waals surface area contributed by atoms with Crippen LogP contribution in [-0.2, 0) is 0 Å². The van der Waals surface area contributed by atoms with E-state index in [9.17, 15) is 10.1 Å². The van der Waals surface area contributed by atoms with Crippen LogP contribution in [0.5, 0.6) is 0 Å². The second kappa shape index (κ2) is 6.28. The minimum atomic E-state index is -0.566. The minimum Gasteiger partial charge on any atom is -0.757 e. The third-order valence-electron chi connectivity index (χ3n) is 3.46. The van der Waals surface area contributed by atoms with Crippen LogP contribution in [0.2, 0.25) is 0 Å². The van der Waals surface area contributed by atoms with Gasteiger partial charge in [-0.1, -0.05) is 4.91 Å². The summed E-state index contributed by atoms with van der Waals surface area (Å²) in [6.07, 6.45) is 3.24. The Morgan fingerprint density at radius 1 is 1.00 bits per heavy atom. The zero-order valence-electron chi connectivity index (χ0n) is 15.1. The molecule has 0 aliphatic carbocycles. The van der Waals surface area contributed by atoms with E-state index in [-0.39, 0.29) is 0 Å². The Morgan fingerprint density at radius 2 is 1.67 bits per heavy atom. The molecule has 0 bridgehead atoms. The van der Waals surface area contributed by atoms with Gasteiger partial charge in [-0.3, -0.25) is 0 Å². The molecule has 128 valence electrons. The summed E-state index contributed by atoms with van der Waals surface area (Å²) in [5.74, 6) is 0.713. The van der Waals surface area contributed by atoms with Crippen LogP contribution < -0.4 is 5.06 Å². The van der Waals surface area contributed by atoms with Gasteiger partial charge in [0, 0.05) is 23.4 Å². The predicted molar refractivity (Wildman–Crippen MR) is 96.1 cm³/mol. The summed E-state index contributed by atoms with van der Waals surface area (Å²) in [6.45, 7) is 11.0. The SMILES string of the molecule is CC(C)(C)N([O-])c1cc(-c2ccc([N+](=O)C(C)(C)C)nc2)ccn1. The van der Waals surface area contributed by atoms with Crippen LogP contribution in [0.3, 0.4) is 0 Å². The van der Waals surface area contributed by atoms with Gasteiger partial charge < -0.3 is 10.3 Å². The molecule has 6 nitrogen and oxygen atoms in total. The number of aromatic nitrogens is 2. The highest BCUT2D eigenvalue weighted by atomic mass is 16.5. The molecule has 2 aromatic heterocycles. The Balaban J connectivity index is 2.32. The smallest absolute Gasteiger partial charge is 0.361 e. The van der Waals surface area contributed by atoms with Crippen LogP contribution in [-0.4, -0.2) is 25.8 Å². The Bertz CT molecular complexity index is 728. The van der Waals surface area contributed by atoms with Gasteiger partial charge in [-0.2, -0.15) is 0 Å². The fourth-order valence-electron chi connectivity index (χ4n) is 2.07. The first-order chi connectivity index (χ1) is 11.0. The largest absolute Gasteiger partial charge is 0.757 e. The molecule has 0 saturated carbocycles. The van der Waals surface area contributed by atoms with Gasteiger partial charge >= 0.3 is 5.82 Å². The van der Waals surface area contributed by atoms with Crippen LogP contribution in [0, 0.1) is 10.1 Å².